The molecule has 0 unspecified atom stereocenters. The molecule has 0 radical (unpaired) electrons. The summed E-state index contributed by atoms with van der Waals surface area (Å²) in [6.45, 7) is 0.213. The highest BCUT2D eigenvalue weighted by Gasteiger charge is 2.15. The molecular weight excluding hydrogens is 424 g/mol. The van der Waals surface area contributed by atoms with Crippen LogP contribution in [-0.4, -0.2) is 14.3 Å². The summed E-state index contributed by atoms with van der Waals surface area (Å²) >= 11 is 1.47. The quantitative estimate of drug-likeness (QED) is 0.446. The zero-order valence-electron chi connectivity index (χ0n) is 15.5. The molecule has 7 nitrogen and oxygen atoms in total. The molecule has 2 N–H and O–H groups in total. The second-order valence-corrected chi connectivity index (χ2v) is 9.19. The Morgan fingerprint density at radius 3 is 2.53 bits per heavy atom. The summed E-state index contributed by atoms with van der Waals surface area (Å²) in [4.78, 5) is 24.7. The number of hydrogen-bond acceptors (Lipinski definition) is 6. The summed E-state index contributed by atoms with van der Waals surface area (Å²) in [6, 6.07) is 17.2. The topological polar surface area (TPSA) is 105 Å². The average Bonchev–Trinajstić information content (AvgIpc) is 3.26. The van der Waals surface area contributed by atoms with E-state index in [0.717, 1.165) is 4.88 Å². The first-order chi connectivity index (χ1) is 14.4. The number of rotatable bonds is 6. The van der Waals surface area contributed by atoms with Crippen molar-refractivity contribution in [3.8, 4) is 0 Å². The van der Waals surface area contributed by atoms with Gasteiger partial charge in [0.15, 0.2) is 0 Å². The Morgan fingerprint density at radius 2 is 1.80 bits per heavy atom. The van der Waals surface area contributed by atoms with E-state index in [0.29, 0.717) is 22.2 Å². The second kappa shape index (κ2) is 8.23. The summed E-state index contributed by atoms with van der Waals surface area (Å²) in [6.07, 6.45) is 0. The highest BCUT2D eigenvalue weighted by molar-refractivity contribution is 7.89. The van der Waals surface area contributed by atoms with Crippen LogP contribution in [0.25, 0.3) is 11.0 Å². The molecule has 0 bridgehead atoms. The highest BCUT2D eigenvalue weighted by atomic mass is 32.2. The molecule has 2 aromatic carbocycles. The lowest BCUT2D eigenvalue weighted by Crippen LogP contribution is -2.23. The van der Waals surface area contributed by atoms with Gasteiger partial charge in [0.25, 0.3) is 5.91 Å². The molecule has 0 aliphatic carbocycles. The second-order valence-electron chi connectivity index (χ2n) is 6.39. The predicted octanol–water partition coefficient (Wildman–Crippen LogP) is 3.59. The smallest absolute Gasteiger partial charge is 0.336 e. The minimum absolute atomic E-state index is 0.0799. The number of sulfonamides is 1. The molecule has 152 valence electrons. The van der Waals surface area contributed by atoms with Gasteiger partial charge >= 0.3 is 5.63 Å². The Bertz CT molecular complexity index is 1360. The fourth-order valence-corrected chi connectivity index (χ4v) is 4.54. The molecule has 0 fully saturated rings. The fraction of sp³-hybridized carbons (Fsp3) is 0.0476. The average molecular weight is 441 g/mol. The number of carbonyl (C=O) groups excluding carboxylic acids is 1. The van der Waals surface area contributed by atoms with E-state index in [1.54, 1.807) is 24.3 Å². The molecule has 0 saturated heterocycles. The number of anilines is 1. The van der Waals surface area contributed by atoms with Gasteiger partial charge in [-0.1, -0.05) is 6.07 Å². The molecule has 0 aliphatic rings. The molecule has 0 saturated carbocycles. The molecular formula is C21H16N2O5S2. The Balaban J connectivity index is 1.46. The van der Waals surface area contributed by atoms with Crippen molar-refractivity contribution >= 4 is 43.9 Å². The van der Waals surface area contributed by atoms with Gasteiger partial charge in [0, 0.05) is 34.1 Å². The maximum Gasteiger partial charge on any atom is 0.336 e. The molecule has 0 atom stereocenters. The van der Waals surface area contributed by atoms with Crippen LogP contribution in [0.5, 0.6) is 0 Å². The van der Waals surface area contributed by atoms with Gasteiger partial charge in [0.1, 0.15) is 5.58 Å². The largest absolute Gasteiger partial charge is 0.423 e. The zero-order chi connectivity index (χ0) is 21.1. The molecule has 0 aliphatic heterocycles. The third-order valence-electron chi connectivity index (χ3n) is 4.32. The van der Waals surface area contributed by atoms with E-state index in [-0.39, 0.29) is 17.3 Å². The number of fused-ring (bicyclic) bond motifs is 1. The highest BCUT2D eigenvalue weighted by Crippen LogP contribution is 2.19. The number of benzene rings is 2. The van der Waals surface area contributed by atoms with Crippen molar-refractivity contribution in [1.82, 2.24) is 4.72 Å². The van der Waals surface area contributed by atoms with E-state index in [1.165, 1.54) is 41.7 Å². The number of amides is 1. The molecule has 4 rings (SSSR count). The maximum absolute atomic E-state index is 12.5. The summed E-state index contributed by atoms with van der Waals surface area (Å²) in [5.74, 6) is -0.387. The normalized spacial score (nSPS) is 11.5. The van der Waals surface area contributed by atoms with E-state index in [2.05, 4.69) is 10.0 Å². The van der Waals surface area contributed by atoms with Crippen LogP contribution < -0.4 is 15.7 Å². The van der Waals surface area contributed by atoms with Crippen LogP contribution in [0.3, 0.4) is 0 Å². The lowest BCUT2D eigenvalue weighted by Gasteiger charge is -2.08. The number of carbonyl (C=O) groups is 1. The van der Waals surface area contributed by atoms with Gasteiger partial charge in [-0.05, 0) is 60.0 Å². The minimum atomic E-state index is -3.68. The van der Waals surface area contributed by atoms with Crippen molar-refractivity contribution in [2.24, 2.45) is 0 Å². The van der Waals surface area contributed by atoms with Gasteiger partial charge in [-0.25, -0.2) is 17.9 Å². The Morgan fingerprint density at radius 1 is 1.00 bits per heavy atom. The van der Waals surface area contributed by atoms with Crippen molar-refractivity contribution in [3.05, 3.63) is 93.0 Å². The Hall–Kier alpha value is -3.27. The molecule has 1 amide bonds. The standard InChI is InChI=1S/C21H16N2O5S2/c24-20-10-5-15-12-16(6-9-19(15)28-20)23-21(25)14-3-7-18(8-4-14)30(26,27)22-13-17-2-1-11-29-17/h1-12,22H,13H2,(H,23,25). The predicted molar refractivity (Wildman–Crippen MR) is 115 cm³/mol. The molecule has 30 heavy (non-hydrogen) atoms. The first-order valence-corrected chi connectivity index (χ1v) is 11.2. The number of nitrogens with one attached hydrogen (secondary N) is 2. The Labute approximate surface area is 176 Å². The maximum atomic E-state index is 12.5. The number of hydrogen-bond donors (Lipinski definition) is 2. The van der Waals surface area contributed by atoms with Gasteiger partial charge in [0.05, 0.1) is 4.90 Å². The van der Waals surface area contributed by atoms with E-state index < -0.39 is 15.6 Å². The van der Waals surface area contributed by atoms with E-state index in [9.17, 15) is 18.0 Å². The van der Waals surface area contributed by atoms with E-state index in [1.807, 2.05) is 17.5 Å². The first kappa shape index (κ1) is 20.0. The van der Waals surface area contributed by atoms with Gasteiger partial charge in [-0.15, -0.1) is 11.3 Å². The summed E-state index contributed by atoms with van der Waals surface area (Å²) < 4.78 is 32.4. The van der Waals surface area contributed by atoms with Crippen molar-refractivity contribution in [3.63, 3.8) is 0 Å². The van der Waals surface area contributed by atoms with Gasteiger partial charge in [-0.3, -0.25) is 4.79 Å². The third-order valence-corrected chi connectivity index (χ3v) is 6.61. The van der Waals surface area contributed by atoms with Crippen LogP contribution in [-0.2, 0) is 16.6 Å². The van der Waals surface area contributed by atoms with Crippen molar-refractivity contribution in [1.29, 1.82) is 0 Å². The van der Waals surface area contributed by atoms with Gasteiger partial charge < -0.3 is 9.73 Å². The van der Waals surface area contributed by atoms with E-state index >= 15 is 0 Å². The van der Waals surface area contributed by atoms with Gasteiger partial charge in [0.2, 0.25) is 10.0 Å². The van der Waals surface area contributed by atoms with Crippen LogP contribution >= 0.6 is 11.3 Å². The molecule has 0 spiro atoms. The molecule has 9 heteroatoms. The van der Waals surface area contributed by atoms with Crippen LogP contribution in [0, 0.1) is 0 Å². The van der Waals surface area contributed by atoms with Crippen molar-refractivity contribution < 1.29 is 17.6 Å². The first-order valence-electron chi connectivity index (χ1n) is 8.88. The lowest BCUT2D eigenvalue weighted by atomic mass is 10.2. The number of thiophene rings is 1. The monoisotopic (exact) mass is 440 g/mol. The lowest BCUT2D eigenvalue weighted by molar-refractivity contribution is 0.102. The molecule has 4 aromatic rings. The molecule has 2 heterocycles. The van der Waals surface area contributed by atoms with Gasteiger partial charge in [-0.2, -0.15) is 0 Å². The third kappa shape index (κ3) is 4.48. The van der Waals surface area contributed by atoms with Crippen LogP contribution in [0.15, 0.2) is 86.2 Å². The zero-order valence-corrected chi connectivity index (χ0v) is 17.1. The van der Waals surface area contributed by atoms with Crippen LogP contribution in [0.4, 0.5) is 5.69 Å². The molecule has 2 aromatic heterocycles. The summed E-state index contributed by atoms with van der Waals surface area (Å²) in [5, 5.41) is 5.29. The van der Waals surface area contributed by atoms with Crippen LogP contribution in [0.2, 0.25) is 0 Å². The van der Waals surface area contributed by atoms with Crippen molar-refractivity contribution in [2.75, 3.05) is 5.32 Å². The van der Waals surface area contributed by atoms with E-state index in [4.69, 9.17) is 4.42 Å². The Kier molecular flexibility index (Phi) is 5.49. The summed E-state index contributed by atoms with van der Waals surface area (Å²) in [7, 11) is -3.68. The van der Waals surface area contributed by atoms with Crippen LogP contribution in [0.1, 0.15) is 15.2 Å². The fourth-order valence-electron chi connectivity index (χ4n) is 2.80. The minimum Gasteiger partial charge on any atom is -0.423 e. The van der Waals surface area contributed by atoms with Crippen molar-refractivity contribution in [2.45, 2.75) is 11.4 Å². The SMILES string of the molecule is O=C(Nc1ccc2oc(=O)ccc2c1)c1ccc(S(=O)(=O)NCc2cccs2)cc1. The summed E-state index contributed by atoms with van der Waals surface area (Å²) in [5.41, 5.74) is 0.812.